The average Bonchev–Trinajstić information content (AvgIpc) is 2.97. The summed E-state index contributed by atoms with van der Waals surface area (Å²) in [6, 6.07) is 15.1. The number of sulfonamides is 1. The highest BCUT2D eigenvalue weighted by Gasteiger charge is 2.22. The molecule has 6 nitrogen and oxygen atoms in total. The molecule has 0 unspecified atom stereocenters. The SMILES string of the molecule is COc1ccc(C)cc1NS(=O)(=O)c1cn(Cc2ccccc2)nc1C. The topological polar surface area (TPSA) is 73.2 Å². The van der Waals surface area contributed by atoms with E-state index in [4.69, 9.17) is 4.74 Å². The predicted octanol–water partition coefficient (Wildman–Crippen LogP) is 3.36. The summed E-state index contributed by atoms with van der Waals surface area (Å²) in [5, 5.41) is 4.34. The molecule has 136 valence electrons. The Hall–Kier alpha value is -2.80. The minimum atomic E-state index is -3.78. The number of hydrogen-bond donors (Lipinski definition) is 1. The van der Waals surface area contributed by atoms with Crippen molar-refractivity contribution in [3.05, 3.63) is 71.5 Å². The number of nitrogens with one attached hydrogen (secondary N) is 1. The first-order chi connectivity index (χ1) is 12.4. The van der Waals surface area contributed by atoms with Gasteiger partial charge in [-0.1, -0.05) is 36.4 Å². The molecule has 0 fully saturated rings. The second-order valence-corrected chi connectivity index (χ2v) is 7.72. The van der Waals surface area contributed by atoms with E-state index in [1.807, 2.05) is 43.3 Å². The first-order valence-corrected chi connectivity index (χ1v) is 9.63. The standard InChI is InChI=1S/C19H21N3O3S/c1-14-9-10-18(25-3)17(11-14)21-26(23,24)19-13-22(20-15(19)2)12-16-7-5-4-6-8-16/h4-11,13,21H,12H2,1-3H3. The molecule has 0 atom stereocenters. The van der Waals surface area contributed by atoms with Gasteiger partial charge < -0.3 is 4.74 Å². The van der Waals surface area contributed by atoms with Crippen molar-refractivity contribution >= 4 is 15.7 Å². The van der Waals surface area contributed by atoms with Crippen LogP contribution in [0.1, 0.15) is 16.8 Å². The van der Waals surface area contributed by atoms with Gasteiger partial charge in [0.1, 0.15) is 10.6 Å². The third-order valence-corrected chi connectivity index (χ3v) is 5.45. The van der Waals surface area contributed by atoms with E-state index in [9.17, 15) is 8.42 Å². The Balaban J connectivity index is 1.89. The number of aromatic nitrogens is 2. The summed E-state index contributed by atoms with van der Waals surface area (Å²) in [5.74, 6) is 0.466. The van der Waals surface area contributed by atoms with Crippen molar-refractivity contribution in [2.75, 3.05) is 11.8 Å². The summed E-state index contributed by atoms with van der Waals surface area (Å²) in [5.41, 5.74) is 2.83. The van der Waals surface area contributed by atoms with E-state index in [1.54, 1.807) is 29.9 Å². The monoisotopic (exact) mass is 371 g/mol. The summed E-state index contributed by atoms with van der Waals surface area (Å²) in [4.78, 5) is 0.150. The van der Waals surface area contributed by atoms with Crippen LogP contribution < -0.4 is 9.46 Å². The summed E-state index contributed by atoms with van der Waals surface area (Å²) in [6.07, 6.45) is 1.55. The highest BCUT2D eigenvalue weighted by Crippen LogP contribution is 2.28. The van der Waals surface area contributed by atoms with E-state index >= 15 is 0 Å². The third kappa shape index (κ3) is 3.88. The van der Waals surface area contributed by atoms with Crippen LogP contribution in [0.15, 0.2) is 59.6 Å². The lowest BCUT2D eigenvalue weighted by Crippen LogP contribution is -2.14. The number of anilines is 1. The minimum absolute atomic E-state index is 0.150. The highest BCUT2D eigenvalue weighted by molar-refractivity contribution is 7.92. The van der Waals surface area contributed by atoms with Crippen molar-refractivity contribution in [1.29, 1.82) is 0 Å². The molecule has 7 heteroatoms. The van der Waals surface area contributed by atoms with Gasteiger partial charge in [-0.2, -0.15) is 5.10 Å². The number of aryl methyl sites for hydroxylation is 2. The first-order valence-electron chi connectivity index (χ1n) is 8.14. The Morgan fingerprint density at radius 2 is 1.85 bits per heavy atom. The van der Waals surface area contributed by atoms with E-state index in [1.165, 1.54) is 7.11 Å². The predicted molar refractivity (Wildman–Crippen MR) is 101 cm³/mol. The third-order valence-electron chi connectivity index (χ3n) is 3.98. The molecule has 0 radical (unpaired) electrons. The van der Waals surface area contributed by atoms with Crippen molar-refractivity contribution in [1.82, 2.24) is 9.78 Å². The van der Waals surface area contributed by atoms with Gasteiger partial charge in [-0.05, 0) is 37.1 Å². The lowest BCUT2D eigenvalue weighted by molar-refractivity contribution is 0.417. The molecule has 0 saturated heterocycles. The van der Waals surface area contributed by atoms with Gasteiger partial charge in [-0.25, -0.2) is 8.42 Å². The maximum atomic E-state index is 12.8. The smallest absolute Gasteiger partial charge is 0.265 e. The first kappa shape index (κ1) is 18.0. The van der Waals surface area contributed by atoms with Crippen molar-refractivity contribution < 1.29 is 13.2 Å². The Morgan fingerprint density at radius 3 is 2.54 bits per heavy atom. The van der Waals surface area contributed by atoms with Crippen LogP contribution in [0.3, 0.4) is 0 Å². The van der Waals surface area contributed by atoms with Crippen LogP contribution in [-0.4, -0.2) is 25.3 Å². The summed E-state index contributed by atoms with van der Waals surface area (Å²) in [6.45, 7) is 4.08. The van der Waals surface area contributed by atoms with Crippen LogP contribution in [0.25, 0.3) is 0 Å². The van der Waals surface area contributed by atoms with Gasteiger partial charge in [-0.15, -0.1) is 0 Å². The molecule has 0 bridgehead atoms. The number of methoxy groups -OCH3 is 1. The molecule has 0 amide bonds. The van der Waals surface area contributed by atoms with E-state index in [0.717, 1.165) is 11.1 Å². The van der Waals surface area contributed by atoms with Crippen molar-refractivity contribution in [2.45, 2.75) is 25.3 Å². The molecule has 0 spiro atoms. The van der Waals surface area contributed by atoms with Gasteiger partial charge in [0.15, 0.2) is 0 Å². The van der Waals surface area contributed by atoms with Gasteiger partial charge in [-0.3, -0.25) is 9.40 Å². The molecule has 2 aromatic carbocycles. The fourth-order valence-corrected chi connectivity index (χ4v) is 3.97. The van der Waals surface area contributed by atoms with Crippen molar-refractivity contribution in [2.24, 2.45) is 0 Å². The maximum Gasteiger partial charge on any atom is 0.265 e. The maximum absolute atomic E-state index is 12.8. The molecule has 26 heavy (non-hydrogen) atoms. The lowest BCUT2D eigenvalue weighted by atomic mass is 10.2. The zero-order valence-corrected chi connectivity index (χ0v) is 15.7. The van der Waals surface area contributed by atoms with Gasteiger partial charge in [0.05, 0.1) is 25.0 Å². The molecular formula is C19H21N3O3S. The molecule has 1 aromatic heterocycles. The zero-order valence-electron chi connectivity index (χ0n) is 14.9. The Kier molecular flexibility index (Phi) is 4.99. The quantitative estimate of drug-likeness (QED) is 0.721. The Bertz CT molecular complexity index is 1010. The van der Waals surface area contributed by atoms with Gasteiger partial charge in [0, 0.05) is 6.20 Å². The van der Waals surface area contributed by atoms with Crippen LogP contribution in [0, 0.1) is 13.8 Å². The molecule has 1 N–H and O–H groups in total. The number of nitrogens with zero attached hydrogens (tertiary/aromatic N) is 2. The molecular weight excluding hydrogens is 350 g/mol. The van der Waals surface area contributed by atoms with E-state index in [-0.39, 0.29) is 4.90 Å². The number of hydrogen-bond acceptors (Lipinski definition) is 4. The molecule has 0 aliphatic rings. The van der Waals surface area contributed by atoms with Crippen molar-refractivity contribution in [3.63, 3.8) is 0 Å². The number of benzene rings is 2. The van der Waals surface area contributed by atoms with Crippen LogP contribution in [-0.2, 0) is 16.6 Å². The molecule has 3 rings (SSSR count). The molecule has 0 aliphatic carbocycles. The van der Waals surface area contributed by atoms with Crippen LogP contribution >= 0.6 is 0 Å². The number of ether oxygens (including phenoxy) is 1. The van der Waals surface area contributed by atoms with Crippen molar-refractivity contribution in [3.8, 4) is 5.75 Å². The fourth-order valence-electron chi connectivity index (χ4n) is 2.72. The minimum Gasteiger partial charge on any atom is -0.495 e. The second-order valence-electron chi connectivity index (χ2n) is 6.07. The van der Waals surface area contributed by atoms with Gasteiger partial charge in [0.25, 0.3) is 10.0 Å². The van der Waals surface area contributed by atoms with Crippen LogP contribution in [0.4, 0.5) is 5.69 Å². The van der Waals surface area contributed by atoms with E-state index < -0.39 is 10.0 Å². The van der Waals surface area contributed by atoms with E-state index in [0.29, 0.717) is 23.7 Å². The molecule has 0 saturated carbocycles. The van der Waals surface area contributed by atoms with Crippen LogP contribution in [0.5, 0.6) is 5.75 Å². The second kappa shape index (κ2) is 7.21. The van der Waals surface area contributed by atoms with E-state index in [2.05, 4.69) is 9.82 Å². The fraction of sp³-hybridized carbons (Fsp3) is 0.211. The Morgan fingerprint density at radius 1 is 1.12 bits per heavy atom. The summed E-state index contributed by atoms with van der Waals surface area (Å²) in [7, 11) is -2.27. The number of rotatable bonds is 6. The normalized spacial score (nSPS) is 11.3. The largest absolute Gasteiger partial charge is 0.495 e. The van der Waals surface area contributed by atoms with Crippen LogP contribution in [0.2, 0.25) is 0 Å². The summed E-state index contributed by atoms with van der Waals surface area (Å²) >= 11 is 0. The molecule has 0 aliphatic heterocycles. The van der Waals surface area contributed by atoms with Gasteiger partial charge in [0.2, 0.25) is 0 Å². The highest BCUT2D eigenvalue weighted by atomic mass is 32.2. The Labute approximate surface area is 153 Å². The zero-order chi connectivity index (χ0) is 18.7. The van der Waals surface area contributed by atoms with Gasteiger partial charge >= 0.3 is 0 Å². The molecule has 3 aromatic rings. The lowest BCUT2D eigenvalue weighted by Gasteiger charge is -2.12. The molecule has 1 heterocycles. The summed E-state index contributed by atoms with van der Waals surface area (Å²) < 4.78 is 35.2. The average molecular weight is 371 g/mol.